The normalized spacial score (nSPS) is 19.1. The van der Waals surface area contributed by atoms with Crippen LogP contribution in [0, 0.1) is 5.92 Å². The molecule has 2 atom stereocenters. The molecule has 19 heavy (non-hydrogen) atoms. The van der Waals surface area contributed by atoms with Crippen LogP contribution in [0.15, 0.2) is 24.3 Å². The zero-order valence-electron chi connectivity index (χ0n) is 11.3. The van der Waals surface area contributed by atoms with E-state index < -0.39 is 5.97 Å². The molecule has 1 aliphatic heterocycles. The average Bonchev–Trinajstić information content (AvgIpc) is 2.75. The van der Waals surface area contributed by atoms with E-state index >= 15 is 0 Å². The SMILES string of the molecule is CCC(C)C(=O)N1CC(CC(=O)O)c2ccccc21. The van der Waals surface area contributed by atoms with Gasteiger partial charge in [0, 0.05) is 24.1 Å². The van der Waals surface area contributed by atoms with E-state index in [0.717, 1.165) is 17.7 Å². The molecule has 1 aliphatic rings. The standard InChI is InChI=1S/C15H19NO3/c1-3-10(2)15(19)16-9-11(8-14(17)18)12-6-4-5-7-13(12)16/h4-7,10-11H,3,8-9H2,1-2H3,(H,17,18). The van der Waals surface area contributed by atoms with Gasteiger partial charge in [0.2, 0.25) is 5.91 Å². The van der Waals surface area contributed by atoms with Gasteiger partial charge in [-0.25, -0.2) is 0 Å². The lowest BCUT2D eigenvalue weighted by atomic mass is 9.98. The predicted octanol–water partition coefficient (Wildman–Crippen LogP) is 2.64. The van der Waals surface area contributed by atoms with Crippen molar-refractivity contribution in [3.63, 3.8) is 0 Å². The Kier molecular flexibility index (Phi) is 3.88. The maximum atomic E-state index is 12.3. The van der Waals surface area contributed by atoms with Crippen LogP contribution >= 0.6 is 0 Å². The minimum atomic E-state index is -0.822. The third kappa shape index (κ3) is 2.62. The Morgan fingerprint density at radius 1 is 1.42 bits per heavy atom. The number of hydrogen-bond donors (Lipinski definition) is 1. The van der Waals surface area contributed by atoms with E-state index in [9.17, 15) is 9.59 Å². The molecule has 0 aliphatic carbocycles. The summed E-state index contributed by atoms with van der Waals surface area (Å²) in [4.78, 5) is 25.0. The average molecular weight is 261 g/mol. The molecular formula is C15H19NO3. The number of rotatable bonds is 4. The smallest absolute Gasteiger partial charge is 0.304 e. The van der Waals surface area contributed by atoms with Crippen molar-refractivity contribution in [1.29, 1.82) is 0 Å². The van der Waals surface area contributed by atoms with Crippen molar-refractivity contribution in [3.05, 3.63) is 29.8 Å². The minimum absolute atomic E-state index is 0.0309. The second-order valence-corrected chi connectivity index (χ2v) is 5.11. The molecule has 2 unspecified atom stereocenters. The van der Waals surface area contributed by atoms with E-state index in [-0.39, 0.29) is 24.2 Å². The number of nitrogens with zero attached hydrogens (tertiary/aromatic N) is 1. The molecule has 102 valence electrons. The highest BCUT2D eigenvalue weighted by Crippen LogP contribution is 2.38. The second-order valence-electron chi connectivity index (χ2n) is 5.11. The number of carboxylic acid groups (broad SMARTS) is 1. The summed E-state index contributed by atoms with van der Waals surface area (Å²) in [5.41, 5.74) is 1.85. The molecule has 0 fully saturated rings. The van der Waals surface area contributed by atoms with Crippen molar-refractivity contribution >= 4 is 17.6 Å². The first-order valence-corrected chi connectivity index (χ1v) is 6.66. The summed E-state index contributed by atoms with van der Waals surface area (Å²) in [7, 11) is 0. The summed E-state index contributed by atoms with van der Waals surface area (Å²) < 4.78 is 0. The fourth-order valence-electron chi connectivity index (χ4n) is 2.53. The zero-order valence-corrected chi connectivity index (χ0v) is 11.3. The fourth-order valence-corrected chi connectivity index (χ4v) is 2.53. The molecule has 0 radical (unpaired) electrons. The van der Waals surface area contributed by atoms with Crippen LogP contribution in [0.4, 0.5) is 5.69 Å². The summed E-state index contributed by atoms with van der Waals surface area (Å²) in [6.45, 7) is 4.38. The maximum Gasteiger partial charge on any atom is 0.304 e. The highest BCUT2D eigenvalue weighted by molar-refractivity contribution is 5.97. The molecule has 0 saturated heterocycles. The van der Waals surface area contributed by atoms with Crippen molar-refractivity contribution in [1.82, 2.24) is 0 Å². The maximum absolute atomic E-state index is 12.3. The van der Waals surface area contributed by atoms with Gasteiger partial charge < -0.3 is 10.0 Å². The van der Waals surface area contributed by atoms with Crippen LogP contribution in [-0.4, -0.2) is 23.5 Å². The topological polar surface area (TPSA) is 57.6 Å². The molecule has 1 aromatic carbocycles. The van der Waals surface area contributed by atoms with E-state index in [4.69, 9.17) is 5.11 Å². The highest BCUT2D eigenvalue weighted by atomic mass is 16.4. The third-order valence-electron chi connectivity index (χ3n) is 3.79. The lowest BCUT2D eigenvalue weighted by molar-refractivity contribution is -0.137. The first-order chi connectivity index (χ1) is 9.04. The van der Waals surface area contributed by atoms with Crippen LogP contribution in [0.25, 0.3) is 0 Å². The lowest BCUT2D eigenvalue weighted by Gasteiger charge is -2.21. The van der Waals surface area contributed by atoms with Crippen LogP contribution < -0.4 is 4.90 Å². The highest BCUT2D eigenvalue weighted by Gasteiger charge is 2.34. The van der Waals surface area contributed by atoms with Gasteiger partial charge in [-0.3, -0.25) is 9.59 Å². The van der Waals surface area contributed by atoms with E-state index in [0.29, 0.717) is 6.54 Å². The van der Waals surface area contributed by atoms with Crippen LogP contribution in [-0.2, 0) is 9.59 Å². The molecule has 0 saturated carbocycles. The number of carbonyl (C=O) groups excluding carboxylic acids is 1. The van der Waals surface area contributed by atoms with Gasteiger partial charge in [-0.2, -0.15) is 0 Å². The summed E-state index contributed by atoms with van der Waals surface area (Å²) in [5, 5.41) is 8.98. The van der Waals surface area contributed by atoms with Gasteiger partial charge in [0.25, 0.3) is 0 Å². The molecule has 1 aromatic rings. The first-order valence-electron chi connectivity index (χ1n) is 6.66. The largest absolute Gasteiger partial charge is 0.481 e. The number of hydrogen-bond acceptors (Lipinski definition) is 2. The van der Waals surface area contributed by atoms with E-state index in [1.54, 1.807) is 4.90 Å². The van der Waals surface area contributed by atoms with Crippen molar-refractivity contribution in [2.45, 2.75) is 32.6 Å². The number of carboxylic acids is 1. The molecule has 0 bridgehead atoms. The van der Waals surface area contributed by atoms with Crippen molar-refractivity contribution < 1.29 is 14.7 Å². The van der Waals surface area contributed by atoms with Crippen molar-refractivity contribution in [2.75, 3.05) is 11.4 Å². The quantitative estimate of drug-likeness (QED) is 0.906. The number of carbonyl (C=O) groups is 2. The van der Waals surface area contributed by atoms with E-state index in [2.05, 4.69) is 0 Å². The molecular weight excluding hydrogens is 242 g/mol. The number of anilines is 1. The van der Waals surface area contributed by atoms with Crippen molar-refractivity contribution in [3.8, 4) is 0 Å². The van der Waals surface area contributed by atoms with Crippen molar-refractivity contribution in [2.24, 2.45) is 5.92 Å². The van der Waals surface area contributed by atoms with Gasteiger partial charge in [-0.15, -0.1) is 0 Å². The summed E-state index contributed by atoms with van der Waals surface area (Å²) >= 11 is 0. The van der Waals surface area contributed by atoms with Gasteiger partial charge in [-0.05, 0) is 18.1 Å². The van der Waals surface area contributed by atoms with Gasteiger partial charge in [-0.1, -0.05) is 32.0 Å². The van der Waals surface area contributed by atoms with Crippen LogP contribution in [0.2, 0.25) is 0 Å². The molecule has 1 heterocycles. The van der Waals surface area contributed by atoms with Gasteiger partial charge in [0.15, 0.2) is 0 Å². The van der Waals surface area contributed by atoms with Gasteiger partial charge >= 0.3 is 5.97 Å². The second kappa shape index (κ2) is 5.43. The Balaban J connectivity index is 2.30. The number of aliphatic carboxylic acids is 1. The van der Waals surface area contributed by atoms with E-state index in [1.807, 2.05) is 38.1 Å². The Morgan fingerprint density at radius 3 is 2.74 bits per heavy atom. The molecule has 4 heteroatoms. The summed E-state index contributed by atoms with van der Waals surface area (Å²) in [6, 6.07) is 7.61. The van der Waals surface area contributed by atoms with Crippen LogP contribution in [0.3, 0.4) is 0 Å². The predicted molar refractivity (Wildman–Crippen MR) is 73.2 cm³/mol. The van der Waals surface area contributed by atoms with Gasteiger partial charge in [0.05, 0.1) is 6.42 Å². The molecule has 1 N–H and O–H groups in total. The lowest BCUT2D eigenvalue weighted by Crippen LogP contribution is -2.34. The Hall–Kier alpha value is -1.84. The molecule has 0 aromatic heterocycles. The molecule has 4 nitrogen and oxygen atoms in total. The monoisotopic (exact) mass is 261 g/mol. The zero-order chi connectivity index (χ0) is 14.0. The number of fused-ring (bicyclic) bond motifs is 1. The Labute approximate surface area is 113 Å². The summed E-state index contributed by atoms with van der Waals surface area (Å²) in [5.74, 6) is -0.862. The summed E-state index contributed by atoms with van der Waals surface area (Å²) in [6.07, 6.45) is 0.863. The van der Waals surface area contributed by atoms with E-state index in [1.165, 1.54) is 0 Å². The Morgan fingerprint density at radius 2 is 2.11 bits per heavy atom. The third-order valence-corrected chi connectivity index (χ3v) is 3.79. The number of para-hydroxylation sites is 1. The molecule has 2 rings (SSSR count). The van der Waals surface area contributed by atoms with Crippen LogP contribution in [0.5, 0.6) is 0 Å². The fraction of sp³-hybridized carbons (Fsp3) is 0.467. The number of amides is 1. The Bertz CT molecular complexity index is 498. The molecule has 1 amide bonds. The first kappa shape index (κ1) is 13.6. The van der Waals surface area contributed by atoms with Gasteiger partial charge in [0.1, 0.15) is 0 Å². The minimum Gasteiger partial charge on any atom is -0.481 e. The number of benzene rings is 1. The molecule has 0 spiro atoms. The van der Waals surface area contributed by atoms with Crippen LogP contribution in [0.1, 0.15) is 38.2 Å².